The molecule has 1 aromatic rings. The molecule has 96 valence electrons. The van der Waals surface area contributed by atoms with Crippen LogP contribution in [0, 0.1) is 4.77 Å². The second kappa shape index (κ2) is 5.21. The van der Waals surface area contributed by atoms with Crippen molar-refractivity contribution in [3.05, 3.63) is 10.6 Å². The van der Waals surface area contributed by atoms with Crippen LogP contribution in [0.2, 0.25) is 0 Å². The van der Waals surface area contributed by atoms with E-state index in [-0.39, 0.29) is 0 Å². The minimum absolute atomic E-state index is 0.540. The monoisotopic (exact) mass is 254 g/mol. The fraction of sp³-hybridized carbons (Fsp3) is 0.833. The first kappa shape index (κ1) is 12.6. The Balaban J connectivity index is 2.36. The fourth-order valence-electron chi connectivity index (χ4n) is 2.75. The summed E-state index contributed by atoms with van der Waals surface area (Å²) in [7, 11) is 0. The minimum Gasteiger partial charge on any atom is -0.303 e. The number of hydrogen-bond acceptors (Lipinski definition) is 3. The molecule has 0 amide bonds. The van der Waals surface area contributed by atoms with Crippen LogP contribution in [0.15, 0.2) is 0 Å². The van der Waals surface area contributed by atoms with Crippen LogP contribution >= 0.6 is 12.2 Å². The molecule has 5 heteroatoms. The van der Waals surface area contributed by atoms with E-state index in [1.54, 1.807) is 0 Å². The van der Waals surface area contributed by atoms with Crippen LogP contribution in [0.1, 0.15) is 52.3 Å². The van der Waals surface area contributed by atoms with Crippen molar-refractivity contribution in [1.29, 1.82) is 0 Å². The molecule has 0 aliphatic carbocycles. The quantitative estimate of drug-likeness (QED) is 0.843. The summed E-state index contributed by atoms with van der Waals surface area (Å²) in [5.74, 6) is 1.07. The van der Waals surface area contributed by atoms with Crippen LogP contribution in [-0.2, 0) is 6.42 Å². The van der Waals surface area contributed by atoms with Gasteiger partial charge in [-0.25, -0.2) is 4.68 Å². The second-order valence-corrected chi connectivity index (χ2v) is 5.40. The van der Waals surface area contributed by atoms with Crippen molar-refractivity contribution in [3.63, 3.8) is 0 Å². The van der Waals surface area contributed by atoms with Crippen LogP contribution in [0.5, 0.6) is 0 Å². The highest BCUT2D eigenvalue weighted by Gasteiger charge is 2.27. The summed E-state index contributed by atoms with van der Waals surface area (Å²) >= 11 is 5.38. The largest absolute Gasteiger partial charge is 0.303 e. The third-order valence-electron chi connectivity index (χ3n) is 3.57. The molecule has 17 heavy (non-hydrogen) atoms. The van der Waals surface area contributed by atoms with E-state index in [1.165, 1.54) is 19.3 Å². The molecule has 0 saturated carbocycles. The Morgan fingerprint density at radius 2 is 2.00 bits per heavy atom. The molecule has 2 heterocycles. The van der Waals surface area contributed by atoms with Crippen molar-refractivity contribution in [2.75, 3.05) is 5.01 Å². The topological polar surface area (TPSA) is 36.9 Å². The molecule has 0 radical (unpaired) electrons. The van der Waals surface area contributed by atoms with Crippen LogP contribution in [0.25, 0.3) is 0 Å². The van der Waals surface area contributed by atoms with Gasteiger partial charge in [-0.1, -0.05) is 6.92 Å². The van der Waals surface area contributed by atoms with E-state index in [0.29, 0.717) is 12.1 Å². The molecule has 0 aromatic carbocycles. The van der Waals surface area contributed by atoms with Gasteiger partial charge < -0.3 is 5.01 Å². The maximum absolute atomic E-state index is 5.38. The Hall–Kier alpha value is -0.840. The number of piperidine rings is 1. The summed E-state index contributed by atoms with van der Waals surface area (Å²) < 4.78 is 2.86. The SMILES string of the molecule is CCCc1n[nH]c(=S)n1N1C(C)CCCC1C. The molecule has 1 aromatic heterocycles. The Morgan fingerprint density at radius 3 is 2.59 bits per heavy atom. The summed E-state index contributed by atoms with van der Waals surface area (Å²) in [6.07, 6.45) is 5.86. The number of nitrogens with one attached hydrogen (secondary N) is 1. The molecular weight excluding hydrogens is 232 g/mol. The highest BCUT2D eigenvalue weighted by Crippen LogP contribution is 2.22. The molecule has 1 aliphatic rings. The smallest absolute Gasteiger partial charge is 0.214 e. The van der Waals surface area contributed by atoms with Crippen molar-refractivity contribution in [1.82, 2.24) is 14.9 Å². The van der Waals surface area contributed by atoms with Gasteiger partial charge in [-0.05, 0) is 51.7 Å². The molecule has 1 saturated heterocycles. The van der Waals surface area contributed by atoms with Gasteiger partial charge in [0.2, 0.25) is 4.77 Å². The standard InChI is InChI=1S/C12H22N4S/c1-4-6-11-13-14-12(17)16(11)15-9(2)7-5-8-10(15)3/h9-10H,4-8H2,1-3H3,(H,14,17). The summed E-state index contributed by atoms with van der Waals surface area (Å²) in [5.41, 5.74) is 0. The highest BCUT2D eigenvalue weighted by atomic mass is 32.1. The molecule has 0 spiro atoms. The van der Waals surface area contributed by atoms with Gasteiger partial charge in [-0.3, -0.25) is 5.10 Å². The average molecular weight is 254 g/mol. The molecule has 1 fully saturated rings. The lowest BCUT2D eigenvalue weighted by Gasteiger charge is -2.41. The number of rotatable bonds is 3. The number of aromatic amines is 1. The Bertz CT molecular complexity index is 412. The molecule has 2 unspecified atom stereocenters. The minimum atomic E-state index is 0.540. The first-order chi connectivity index (χ1) is 8.15. The summed E-state index contributed by atoms with van der Waals surface area (Å²) in [6, 6.07) is 1.08. The molecule has 1 N–H and O–H groups in total. The van der Waals surface area contributed by atoms with Gasteiger partial charge in [-0.15, -0.1) is 0 Å². The third kappa shape index (κ3) is 2.39. The van der Waals surface area contributed by atoms with Crippen molar-refractivity contribution in [2.45, 2.75) is 65.0 Å². The average Bonchev–Trinajstić information content (AvgIpc) is 2.62. The highest BCUT2D eigenvalue weighted by molar-refractivity contribution is 7.71. The van der Waals surface area contributed by atoms with Crippen LogP contribution in [-0.4, -0.2) is 27.0 Å². The maximum atomic E-state index is 5.38. The number of aryl methyl sites for hydroxylation is 1. The van der Waals surface area contributed by atoms with Gasteiger partial charge in [0, 0.05) is 18.5 Å². The lowest BCUT2D eigenvalue weighted by molar-refractivity contribution is 0.328. The fourth-order valence-corrected chi connectivity index (χ4v) is 3.00. The van der Waals surface area contributed by atoms with Crippen LogP contribution in [0.4, 0.5) is 0 Å². The Kier molecular flexibility index (Phi) is 3.86. The van der Waals surface area contributed by atoms with E-state index in [1.807, 2.05) is 0 Å². The molecule has 2 rings (SSSR count). The van der Waals surface area contributed by atoms with Gasteiger partial charge >= 0.3 is 0 Å². The number of H-pyrrole nitrogens is 1. The zero-order valence-electron chi connectivity index (χ0n) is 10.9. The third-order valence-corrected chi connectivity index (χ3v) is 3.83. The normalized spacial score (nSPS) is 25.2. The van der Waals surface area contributed by atoms with Gasteiger partial charge in [-0.2, -0.15) is 5.10 Å². The second-order valence-electron chi connectivity index (χ2n) is 5.02. The van der Waals surface area contributed by atoms with E-state index in [2.05, 4.69) is 40.7 Å². The van der Waals surface area contributed by atoms with Crippen LogP contribution in [0.3, 0.4) is 0 Å². The zero-order valence-corrected chi connectivity index (χ0v) is 11.8. The van der Waals surface area contributed by atoms with Gasteiger partial charge in [0.1, 0.15) is 0 Å². The number of aromatic nitrogens is 3. The van der Waals surface area contributed by atoms with Crippen molar-refractivity contribution in [2.24, 2.45) is 0 Å². The predicted molar refractivity (Wildman–Crippen MR) is 72.4 cm³/mol. The predicted octanol–water partition coefficient (Wildman–Crippen LogP) is 2.79. The molecule has 1 aliphatic heterocycles. The summed E-state index contributed by atoms with van der Waals surface area (Å²) in [4.78, 5) is 0. The van der Waals surface area contributed by atoms with Gasteiger partial charge in [0.25, 0.3) is 0 Å². The number of hydrogen-bond donors (Lipinski definition) is 1. The van der Waals surface area contributed by atoms with Crippen molar-refractivity contribution >= 4 is 12.2 Å². The van der Waals surface area contributed by atoms with Crippen molar-refractivity contribution < 1.29 is 0 Å². The van der Waals surface area contributed by atoms with E-state index in [9.17, 15) is 0 Å². The lowest BCUT2D eigenvalue weighted by Crippen LogP contribution is -2.51. The van der Waals surface area contributed by atoms with E-state index < -0.39 is 0 Å². The maximum Gasteiger partial charge on any atom is 0.214 e. The molecule has 0 bridgehead atoms. The van der Waals surface area contributed by atoms with Gasteiger partial charge in [0.05, 0.1) is 0 Å². The Morgan fingerprint density at radius 1 is 1.35 bits per heavy atom. The van der Waals surface area contributed by atoms with Gasteiger partial charge in [0.15, 0.2) is 5.82 Å². The van der Waals surface area contributed by atoms with E-state index in [0.717, 1.165) is 23.4 Å². The first-order valence-corrected chi connectivity index (χ1v) is 7.01. The summed E-state index contributed by atoms with van der Waals surface area (Å²) in [5, 5.41) is 9.69. The Labute approximate surface area is 108 Å². The number of nitrogens with zero attached hydrogens (tertiary/aromatic N) is 3. The summed E-state index contributed by atoms with van der Waals surface area (Å²) in [6.45, 7) is 6.73. The molecular formula is C12H22N4S. The van der Waals surface area contributed by atoms with E-state index >= 15 is 0 Å². The molecule has 4 nitrogen and oxygen atoms in total. The van der Waals surface area contributed by atoms with E-state index in [4.69, 9.17) is 12.2 Å². The zero-order chi connectivity index (χ0) is 12.4. The first-order valence-electron chi connectivity index (χ1n) is 6.60. The van der Waals surface area contributed by atoms with Crippen molar-refractivity contribution in [3.8, 4) is 0 Å². The lowest BCUT2D eigenvalue weighted by atomic mass is 10.00. The molecule has 2 atom stereocenters. The van der Waals surface area contributed by atoms with Crippen LogP contribution < -0.4 is 5.01 Å².